The predicted octanol–water partition coefficient (Wildman–Crippen LogP) is 3.03. The molecular weight excluding hydrogens is 403 g/mol. The number of carboxylic acid groups (broad SMARTS) is 1. The summed E-state index contributed by atoms with van der Waals surface area (Å²) in [5.74, 6) is -0.942. The second-order valence-corrected chi connectivity index (χ2v) is 7.76. The number of aromatic carboxylic acids is 1. The number of ether oxygens (including phenoxy) is 2. The van der Waals surface area contributed by atoms with E-state index in [1.165, 1.54) is 37.4 Å². The van der Waals surface area contributed by atoms with E-state index in [0.29, 0.717) is 25.4 Å². The molecule has 0 radical (unpaired) electrons. The molecule has 0 saturated carbocycles. The van der Waals surface area contributed by atoms with Crippen LogP contribution in [0.4, 0.5) is 4.39 Å². The first-order chi connectivity index (χ1) is 14.8. The Morgan fingerprint density at radius 2 is 1.77 bits per heavy atom. The van der Waals surface area contributed by atoms with E-state index in [-0.39, 0.29) is 41.7 Å². The van der Waals surface area contributed by atoms with Gasteiger partial charge in [-0.1, -0.05) is 12.1 Å². The molecule has 0 aliphatic carbocycles. The van der Waals surface area contributed by atoms with Crippen LogP contribution in [-0.4, -0.2) is 65.7 Å². The summed E-state index contributed by atoms with van der Waals surface area (Å²) in [5, 5.41) is 9.17. The van der Waals surface area contributed by atoms with E-state index in [1.54, 1.807) is 17.0 Å². The number of hydrogen-bond donors (Lipinski definition) is 1. The molecule has 1 saturated heterocycles. The maximum atomic E-state index is 13.1. The third kappa shape index (κ3) is 5.52. The van der Waals surface area contributed by atoms with Gasteiger partial charge >= 0.3 is 5.97 Å². The average molecular weight is 430 g/mol. The Labute approximate surface area is 181 Å². The SMILES string of the molecule is COc1ccc(C(=O)O)cc1OCC(=O)N1C[C@@H](C)N(Cc2ccc(F)cc2)C[C@@H]1C. The number of amides is 1. The standard InChI is InChI=1S/C23H27FN2O5/c1-15-12-26(16(2)11-25(15)13-17-4-7-19(24)8-5-17)22(27)14-31-21-10-18(23(28)29)6-9-20(21)30-3/h4-10,15-16H,11-14H2,1-3H3,(H,28,29)/t15-,16+/m1/s1. The Morgan fingerprint density at radius 1 is 1.06 bits per heavy atom. The molecule has 1 aliphatic rings. The van der Waals surface area contributed by atoms with E-state index < -0.39 is 5.97 Å². The first-order valence-electron chi connectivity index (χ1n) is 10.1. The summed E-state index contributed by atoms with van der Waals surface area (Å²) >= 11 is 0. The fraction of sp³-hybridized carbons (Fsp3) is 0.391. The molecule has 166 valence electrons. The van der Waals surface area contributed by atoms with Gasteiger partial charge in [-0.15, -0.1) is 0 Å². The fourth-order valence-corrected chi connectivity index (χ4v) is 3.74. The highest BCUT2D eigenvalue weighted by Gasteiger charge is 2.32. The van der Waals surface area contributed by atoms with Crippen molar-refractivity contribution in [3.8, 4) is 11.5 Å². The summed E-state index contributed by atoms with van der Waals surface area (Å²) in [4.78, 5) is 28.1. The van der Waals surface area contributed by atoms with Crippen LogP contribution in [0.2, 0.25) is 0 Å². The highest BCUT2D eigenvalue weighted by molar-refractivity contribution is 5.88. The van der Waals surface area contributed by atoms with Gasteiger partial charge in [0, 0.05) is 31.7 Å². The molecule has 0 unspecified atom stereocenters. The quantitative estimate of drug-likeness (QED) is 0.728. The monoisotopic (exact) mass is 430 g/mol. The van der Waals surface area contributed by atoms with Gasteiger partial charge in [0.2, 0.25) is 0 Å². The minimum atomic E-state index is -1.08. The number of rotatable bonds is 7. The first kappa shape index (κ1) is 22.6. The summed E-state index contributed by atoms with van der Waals surface area (Å²) in [6, 6.07) is 10.8. The summed E-state index contributed by atoms with van der Waals surface area (Å²) in [7, 11) is 1.45. The number of nitrogens with zero attached hydrogens (tertiary/aromatic N) is 2. The van der Waals surface area contributed by atoms with Gasteiger partial charge in [-0.3, -0.25) is 9.69 Å². The van der Waals surface area contributed by atoms with Crippen LogP contribution in [0, 0.1) is 5.82 Å². The summed E-state index contributed by atoms with van der Waals surface area (Å²) in [5.41, 5.74) is 1.08. The Morgan fingerprint density at radius 3 is 2.42 bits per heavy atom. The number of benzene rings is 2. The number of hydrogen-bond acceptors (Lipinski definition) is 5. The van der Waals surface area contributed by atoms with Crippen molar-refractivity contribution in [2.24, 2.45) is 0 Å². The summed E-state index contributed by atoms with van der Waals surface area (Å²) in [6.45, 7) is 5.72. The maximum Gasteiger partial charge on any atom is 0.335 e. The van der Waals surface area contributed by atoms with Crippen molar-refractivity contribution in [3.05, 3.63) is 59.4 Å². The molecule has 1 fully saturated rings. The zero-order valence-corrected chi connectivity index (χ0v) is 17.9. The number of piperazine rings is 1. The number of carboxylic acids is 1. The summed E-state index contributed by atoms with van der Waals surface area (Å²) in [6.07, 6.45) is 0. The second kappa shape index (κ2) is 9.78. The highest BCUT2D eigenvalue weighted by Crippen LogP contribution is 2.28. The van der Waals surface area contributed by atoms with E-state index >= 15 is 0 Å². The molecular formula is C23H27FN2O5. The van der Waals surface area contributed by atoms with Gasteiger partial charge in [0.1, 0.15) is 5.82 Å². The Bertz CT molecular complexity index is 934. The molecule has 1 aliphatic heterocycles. The van der Waals surface area contributed by atoms with Crippen LogP contribution >= 0.6 is 0 Å². The average Bonchev–Trinajstić information content (AvgIpc) is 2.75. The zero-order chi connectivity index (χ0) is 22.5. The number of carbonyl (C=O) groups is 2. The third-order valence-electron chi connectivity index (χ3n) is 5.50. The van der Waals surface area contributed by atoms with Crippen LogP contribution < -0.4 is 9.47 Å². The fourth-order valence-electron chi connectivity index (χ4n) is 3.74. The van der Waals surface area contributed by atoms with Gasteiger partial charge in [-0.05, 0) is 49.7 Å². The van der Waals surface area contributed by atoms with Crippen molar-refractivity contribution in [3.63, 3.8) is 0 Å². The summed E-state index contributed by atoms with van der Waals surface area (Å²) < 4.78 is 24.0. The smallest absolute Gasteiger partial charge is 0.335 e. The van der Waals surface area contributed by atoms with Crippen LogP contribution in [0.3, 0.4) is 0 Å². The van der Waals surface area contributed by atoms with Crippen LogP contribution in [0.1, 0.15) is 29.8 Å². The zero-order valence-electron chi connectivity index (χ0n) is 17.9. The largest absolute Gasteiger partial charge is 0.493 e. The second-order valence-electron chi connectivity index (χ2n) is 7.76. The van der Waals surface area contributed by atoms with Gasteiger partial charge < -0.3 is 19.5 Å². The van der Waals surface area contributed by atoms with Crippen molar-refractivity contribution < 1.29 is 28.6 Å². The molecule has 2 aromatic carbocycles. The van der Waals surface area contributed by atoms with Crippen molar-refractivity contribution >= 4 is 11.9 Å². The van der Waals surface area contributed by atoms with E-state index in [2.05, 4.69) is 11.8 Å². The molecule has 8 heteroatoms. The number of carbonyl (C=O) groups excluding carboxylic acids is 1. The van der Waals surface area contributed by atoms with Crippen molar-refractivity contribution in [2.45, 2.75) is 32.5 Å². The molecule has 1 amide bonds. The minimum Gasteiger partial charge on any atom is -0.493 e. The van der Waals surface area contributed by atoms with Crippen molar-refractivity contribution in [1.29, 1.82) is 0 Å². The highest BCUT2D eigenvalue weighted by atomic mass is 19.1. The lowest BCUT2D eigenvalue weighted by Crippen LogP contribution is -2.58. The Kier molecular flexibility index (Phi) is 7.12. The molecule has 0 bridgehead atoms. The first-order valence-corrected chi connectivity index (χ1v) is 10.1. The van der Waals surface area contributed by atoms with E-state index in [9.17, 15) is 14.0 Å². The molecule has 3 rings (SSSR count). The van der Waals surface area contributed by atoms with Gasteiger partial charge in [-0.25, -0.2) is 9.18 Å². The van der Waals surface area contributed by atoms with Gasteiger partial charge in [0.15, 0.2) is 18.1 Å². The molecule has 2 atom stereocenters. The van der Waals surface area contributed by atoms with E-state index in [1.807, 2.05) is 6.92 Å². The van der Waals surface area contributed by atoms with Crippen LogP contribution in [-0.2, 0) is 11.3 Å². The predicted molar refractivity (Wildman–Crippen MR) is 113 cm³/mol. The molecule has 2 aromatic rings. The lowest BCUT2D eigenvalue weighted by molar-refractivity contribution is -0.139. The van der Waals surface area contributed by atoms with Crippen LogP contribution in [0.5, 0.6) is 11.5 Å². The van der Waals surface area contributed by atoms with Crippen LogP contribution in [0.15, 0.2) is 42.5 Å². The van der Waals surface area contributed by atoms with Crippen LogP contribution in [0.25, 0.3) is 0 Å². The molecule has 1 heterocycles. The molecule has 31 heavy (non-hydrogen) atoms. The lowest BCUT2D eigenvalue weighted by Gasteiger charge is -2.44. The maximum absolute atomic E-state index is 13.1. The minimum absolute atomic E-state index is 0.0278. The normalized spacial score (nSPS) is 19.2. The Balaban J connectivity index is 1.61. The lowest BCUT2D eigenvalue weighted by atomic mass is 10.1. The van der Waals surface area contributed by atoms with Gasteiger partial charge in [-0.2, -0.15) is 0 Å². The topological polar surface area (TPSA) is 79.3 Å². The van der Waals surface area contributed by atoms with Gasteiger partial charge in [0.05, 0.1) is 12.7 Å². The third-order valence-corrected chi connectivity index (χ3v) is 5.50. The molecule has 0 spiro atoms. The van der Waals surface area contributed by atoms with E-state index in [4.69, 9.17) is 14.6 Å². The number of methoxy groups -OCH3 is 1. The van der Waals surface area contributed by atoms with Crippen molar-refractivity contribution in [1.82, 2.24) is 9.80 Å². The van der Waals surface area contributed by atoms with E-state index in [0.717, 1.165) is 5.56 Å². The molecule has 0 aromatic heterocycles. The number of halogens is 1. The van der Waals surface area contributed by atoms with Crippen molar-refractivity contribution in [2.75, 3.05) is 26.8 Å². The molecule has 1 N–H and O–H groups in total. The van der Waals surface area contributed by atoms with Gasteiger partial charge in [0.25, 0.3) is 5.91 Å². The Hall–Kier alpha value is -3.13. The molecule has 7 nitrogen and oxygen atoms in total.